The summed E-state index contributed by atoms with van der Waals surface area (Å²) in [5.74, 6) is -0.0948. The summed E-state index contributed by atoms with van der Waals surface area (Å²) in [4.78, 5) is 12.4. The Bertz CT molecular complexity index is 946. The summed E-state index contributed by atoms with van der Waals surface area (Å²) in [7, 11) is 1.43. The largest absolute Gasteiger partial charge is 0.497 e. The van der Waals surface area contributed by atoms with E-state index in [-0.39, 0.29) is 5.56 Å². The number of anilines is 1. The Balaban J connectivity index is 1.84. The predicted octanol–water partition coefficient (Wildman–Crippen LogP) is 5.53. The molecule has 1 amide bonds. The summed E-state index contributed by atoms with van der Waals surface area (Å²) in [6.45, 7) is 0. The van der Waals surface area contributed by atoms with Crippen LogP contribution in [0.25, 0.3) is 0 Å². The van der Waals surface area contributed by atoms with Crippen LogP contribution in [0.3, 0.4) is 0 Å². The normalized spacial score (nSPS) is 10.3. The zero-order chi connectivity index (χ0) is 18.5. The molecule has 3 aromatic rings. The highest BCUT2D eigenvalue weighted by atomic mass is 35.5. The van der Waals surface area contributed by atoms with Gasteiger partial charge in [0.2, 0.25) is 0 Å². The zero-order valence-electron chi connectivity index (χ0n) is 13.8. The topological polar surface area (TPSA) is 47.6 Å². The smallest absolute Gasteiger partial charge is 0.258 e. The van der Waals surface area contributed by atoms with Gasteiger partial charge in [-0.1, -0.05) is 35.9 Å². The molecule has 0 saturated carbocycles. The Morgan fingerprint density at radius 1 is 1.00 bits per heavy atom. The highest BCUT2D eigenvalue weighted by Crippen LogP contribution is 2.33. The minimum atomic E-state index is -0.675. The molecular formula is C20H15ClFNO3. The third-order valence-corrected chi connectivity index (χ3v) is 3.92. The van der Waals surface area contributed by atoms with Crippen molar-refractivity contribution in [2.75, 3.05) is 12.4 Å². The maximum absolute atomic E-state index is 14.1. The first-order valence-corrected chi connectivity index (χ1v) is 8.12. The van der Waals surface area contributed by atoms with Crippen molar-refractivity contribution in [1.29, 1.82) is 0 Å². The fraction of sp³-hybridized carbons (Fsp3) is 0.0500. The lowest BCUT2D eigenvalue weighted by Gasteiger charge is -2.13. The van der Waals surface area contributed by atoms with E-state index in [1.54, 1.807) is 48.5 Å². The number of hydrogen-bond donors (Lipinski definition) is 1. The molecule has 26 heavy (non-hydrogen) atoms. The predicted molar refractivity (Wildman–Crippen MR) is 98.9 cm³/mol. The minimum absolute atomic E-state index is 0.0988. The number of rotatable bonds is 5. The van der Waals surface area contributed by atoms with Crippen LogP contribution in [0.15, 0.2) is 66.7 Å². The van der Waals surface area contributed by atoms with Crippen molar-refractivity contribution in [3.8, 4) is 17.2 Å². The van der Waals surface area contributed by atoms with Gasteiger partial charge in [-0.25, -0.2) is 4.39 Å². The molecule has 0 unspecified atom stereocenters. The van der Waals surface area contributed by atoms with Gasteiger partial charge in [0.1, 0.15) is 17.3 Å². The summed E-state index contributed by atoms with van der Waals surface area (Å²) >= 11 is 6.10. The van der Waals surface area contributed by atoms with Crippen molar-refractivity contribution in [3.63, 3.8) is 0 Å². The number of carbonyl (C=O) groups excluding carboxylic acids is 1. The van der Waals surface area contributed by atoms with E-state index >= 15 is 0 Å². The van der Waals surface area contributed by atoms with Gasteiger partial charge in [-0.15, -0.1) is 0 Å². The first-order chi connectivity index (χ1) is 12.6. The monoisotopic (exact) mass is 371 g/mol. The van der Waals surface area contributed by atoms with Gasteiger partial charge in [0.05, 0.1) is 23.4 Å². The summed E-state index contributed by atoms with van der Waals surface area (Å²) in [6.07, 6.45) is 0. The van der Waals surface area contributed by atoms with Crippen LogP contribution in [0.4, 0.5) is 10.1 Å². The van der Waals surface area contributed by atoms with Gasteiger partial charge in [0.15, 0.2) is 5.75 Å². The fourth-order valence-electron chi connectivity index (χ4n) is 2.30. The quantitative estimate of drug-likeness (QED) is 0.641. The van der Waals surface area contributed by atoms with Crippen LogP contribution >= 0.6 is 11.6 Å². The van der Waals surface area contributed by atoms with Crippen molar-refractivity contribution in [1.82, 2.24) is 0 Å². The Hall–Kier alpha value is -3.05. The second kappa shape index (κ2) is 7.89. The summed E-state index contributed by atoms with van der Waals surface area (Å²) in [5, 5.41) is 3.10. The van der Waals surface area contributed by atoms with Crippen LogP contribution in [0, 0.1) is 5.82 Å². The number of carbonyl (C=O) groups is 1. The SMILES string of the molecule is COc1ccc(C(=O)Nc2ccccc2Oc2ccccc2Cl)c(F)c1. The molecule has 0 aliphatic carbocycles. The molecule has 0 heterocycles. The van der Waals surface area contributed by atoms with Gasteiger partial charge in [0, 0.05) is 6.07 Å². The molecule has 132 valence electrons. The lowest BCUT2D eigenvalue weighted by atomic mass is 10.2. The van der Waals surface area contributed by atoms with Crippen LogP contribution in [0.2, 0.25) is 5.02 Å². The van der Waals surface area contributed by atoms with E-state index in [1.165, 1.54) is 19.2 Å². The average molecular weight is 372 g/mol. The van der Waals surface area contributed by atoms with Crippen LogP contribution in [0.5, 0.6) is 17.2 Å². The first-order valence-electron chi connectivity index (χ1n) is 7.75. The molecule has 3 rings (SSSR count). The Morgan fingerprint density at radius 3 is 2.38 bits per heavy atom. The van der Waals surface area contributed by atoms with Crippen molar-refractivity contribution in [3.05, 3.63) is 83.1 Å². The molecule has 0 aliphatic rings. The average Bonchev–Trinajstić information content (AvgIpc) is 2.64. The van der Waals surface area contributed by atoms with Gasteiger partial charge in [-0.05, 0) is 36.4 Å². The number of hydrogen-bond acceptors (Lipinski definition) is 3. The molecule has 3 aromatic carbocycles. The number of para-hydroxylation sites is 3. The number of nitrogens with one attached hydrogen (secondary N) is 1. The highest BCUT2D eigenvalue weighted by Gasteiger charge is 2.15. The molecule has 0 spiro atoms. The van der Waals surface area contributed by atoms with Crippen molar-refractivity contribution < 1.29 is 18.7 Å². The van der Waals surface area contributed by atoms with Crippen LogP contribution in [-0.2, 0) is 0 Å². The Labute approximate surface area is 155 Å². The van der Waals surface area contributed by atoms with Crippen LogP contribution in [0.1, 0.15) is 10.4 Å². The lowest BCUT2D eigenvalue weighted by molar-refractivity contribution is 0.102. The molecule has 0 aliphatic heterocycles. The van der Waals surface area contributed by atoms with Crippen molar-refractivity contribution in [2.45, 2.75) is 0 Å². The highest BCUT2D eigenvalue weighted by molar-refractivity contribution is 6.32. The van der Waals surface area contributed by atoms with Gasteiger partial charge in [0.25, 0.3) is 5.91 Å². The zero-order valence-corrected chi connectivity index (χ0v) is 14.6. The number of benzene rings is 3. The standard InChI is InChI=1S/C20H15ClFNO3/c1-25-13-10-11-14(16(22)12-13)20(24)23-17-7-3-5-9-19(17)26-18-8-4-2-6-15(18)21/h2-12H,1H3,(H,23,24). The number of halogens is 2. The number of amides is 1. The van der Waals surface area contributed by atoms with Crippen molar-refractivity contribution in [2.24, 2.45) is 0 Å². The van der Waals surface area contributed by atoms with Gasteiger partial charge < -0.3 is 14.8 Å². The maximum Gasteiger partial charge on any atom is 0.258 e. The van der Waals surface area contributed by atoms with E-state index in [4.69, 9.17) is 21.1 Å². The first kappa shape index (κ1) is 17.8. The van der Waals surface area contributed by atoms with E-state index in [1.807, 2.05) is 0 Å². The summed E-state index contributed by atoms with van der Waals surface area (Å²) in [6, 6.07) is 17.9. The molecule has 0 bridgehead atoms. The minimum Gasteiger partial charge on any atom is -0.497 e. The Kier molecular flexibility index (Phi) is 5.39. The van der Waals surface area contributed by atoms with Gasteiger partial charge in [-0.3, -0.25) is 4.79 Å². The number of methoxy groups -OCH3 is 1. The summed E-state index contributed by atoms with van der Waals surface area (Å²) < 4.78 is 24.8. The van der Waals surface area contributed by atoms with E-state index in [9.17, 15) is 9.18 Å². The second-order valence-electron chi connectivity index (χ2n) is 5.33. The third kappa shape index (κ3) is 3.95. The van der Waals surface area contributed by atoms with E-state index < -0.39 is 11.7 Å². The second-order valence-corrected chi connectivity index (χ2v) is 5.74. The van der Waals surface area contributed by atoms with Crippen LogP contribution < -0.4 is 14.8 Å². The molecule has 0 radical (unpaired) electrons. The molecule has 0 fully saturated rings. The molecule has 0 aromatic heterocycles. The molecule has 6 heteroatoms. The Morgan fingerprint density at radius 2 is 1.69 bits per heavy atom. The molecular weight excluding hydrogens is 357 g/mol. The fourth-order valence-corrected chi connectivity index (χ4v) is 2.48. The van der Waals surface area contributed by atoms with Gasteiger partial charge in [-0.2, -0.15) is 0 Å². The molecule has 0 saturated heterocycles. The molecule has 4 nitrogen and oxygen atoms in total. The van der Waals surface area contributed by atoms with Gasteiger partial charge >= 0.3 is 0 Å². The third-order valence-electron chi connectivity index (χ3n) is 3.61. The lowest BCUT2D eigenvalue weighted by Crippen LogP contribution is -2.14. The van der Waals surface area contributed by atoms with E-state index in [0.717, 1.165) is 6.07 Å². The number of ether oxygens (including phenoxy) is 2. The van der Waals surface area contributed by atoms with E-state index in [2.05, 4.69) is 5.32 Å². The molecule has 1 N–H and O–H groups in total. The van der Waals surface area contributed by atoms with Crippen molar-refractivity contribution >= 4 is 23.2 Å². The summed E-state index contributed by atoms with van der Waals surface area (Å²) in [5.41, 5.74) is 0.297. The van der Waals surface area contributed by atoms with E-state index in [0.29, 0.717) is 28.0 Å². The van der Waals surface area contributed by atoms with Crippen LogP contribution in [-0.4, -0.2) is 13.0 Å². The maximum atomic E-state index is 14.1. The molecule has 0 atom stereocenters.